The van der Waals surface area contributed by atoms with Crippen molar-refractivity contribution in [2.24, 2.45) is 0 Å². The number of aromatic nitrogens is 2. The molecule has 0 N–H and O–H groups in total. The highest BCUT2D eigenvalue weighted by molar-refractivity contribution is 7.98. The summed E-state index contributed by atoms with van der Waals surface area (Å²) in [6.45, 7) is 7.17. The molecule has 1 fully saturated rings. The molecule has 0 radical (unpaired) electrons. The summed E-state index contributed by atoms with van der Waals surface area (Å²) in [5.41, 5.74) is 1.72. The summed E-state index contributed by atoms with van der Waals surface area (Å²) in [6, 6.07) is 10.4. The predicted molar refractivity (Wildman–Crippen MR) is 123 cm³/mol. The number of likely N-dealkylation sites (tertiary alicyclic amines) is 1. The molecule has 1 amide bonds. The molecule has 3 heterocycles. The molecular formula is C23H27N3O2S2. The third-order valence-electron chi connectivity index (χ3n) is 5.04. The highest BCUT2D eigenvalue weighted by Gasteiger charge is 2.28. The average molecular weight is 442 g/mol. The maximum Gasteiger partial charge on any atom is 0.410 e. The number of hydrogen-bond donors (Lipinski definition) is 0. The molecule has 0 saturated carbocycles. The van der Waals surface area contributed by atoms with Gasteiger partial charge < -0.3 is 9.64 Å². The first-order valence-corrected chi connectivity index (χ1v) is 12.1. The number of thiazole rings is 1. The van der Waals surface area contributed by atoms with Crippen LogP contribution in [0.2, 0.25) is 0 Å². The van der Waals surface area contributed by atoms with Crippen LogP contribution in [-0.2, 0) is 10.5 Å². The lowest BCUT2D eigenvalue weighted by molar-refractivity contribution is 0.0205. The molecule has 2 aromatic heterocycles. The summed E-state index contributed by atoms with van der Waals surface area (Å²) in [5.74, 6) is 1.26. The van der Waals surface area contributed by atoms with Crippen LogP contribution in [0.4, 0.5) is 4.79 Å². The number of pyridine rings is 1. The lowest BCUT2D eigenvalue weighted by atomic mass is 9.98. The molecule has 1 aliphatic rings. The van der Waals surface area contributed by atoms with Crippen molar-refractivity contribution in [1.29, 1.82) is 0 Å². The van der Waals surface area contributed by atoms with Crippen molar-refractivity contribution in [3.8, 4) is 0 Å². The Morgan fingerprint density at radius 1 is 1.23 bits per heavy atom. The molecule has 0 spiro atoms. The molecule has 0 atom stereocenters. The van der Waals surface area contributed by atoms with Crippen molar-refractivity contribution in [3.63, 3.8) is 0 Å². The predicted octanol–water partition coefficient (Wildman–Crippen LogP) is 6.10. The van der Waals surface area contributed by atoms with E-state index in [1.54, 1.807) is 23.1 Å². The Hall–Kier alpha value is -2.12. The number of amides is 1. The normalized spacial score (nSPS) is 15.5. The molecule has 7 heteroatoms. The zero-order chi connectivity index (χ0) is 21.1. The van der Waals surface area contributed by atoms with Crippen LogP contribution in [0.3, 0.4) is 0 Å². The summed E-state index contributed by atoms with van der Waals surface area (Å²) in [7, 11) is 0. The van der Waals surface area contributed by atoms with Crippen LogP contribution in [-0.4, -0.2) is 39.7 Å². The number of ether oxygens (including phenoxy) is 1. The fourth-order valence-electron chi connectivity index (χ4n) is 3.56. The van der Waals surface area contributed by atoms with Gasteiger partial charge in [-0.05, 0) is 45.7 Å². The van der Waals surface area contributed by atoms with E-state index in [-0.39, 0.29) is 6.09 Å². The fraction of sp³-hybridized carbons (Fsp3) is 0.435. The second kappa shape index (κ2) is 8.94. The number of hydrogen-bond acceptors (Lipinski definition) is 6. The van der Waals surface area contributed by atoms with E-state index in [1.165, 1.54) is 15.3 Å². The third kappa shape index (κ3) is 5.13. The maximum absolute atomic E-state index is 12.3. The molecule has 5 nitrogen and oxygen atoms in total. The third-order valence-corrected chi connectivity index (χ3v) is 7.17. The van der Waals surface area contributed by atoms with Gasteiger partial charge in [0, 0.05) is 46.6 Å². The number of para-hydroxylation sites is 1. The number of fused-ring (bicyclic) bond motifs is 1. The SMILES string of the molecule is CC(C)(C)OC(=O)N1CCC(c2nc(CSc3cccc4cccnc34)cs2)CC1. The average Bonchev–Trinajstić information content (AvgIpc) is 3.20. The zero-order valence-electron chi connectivity index (χ0n) is 17.6. The number of rotatable bonds is 4. The van der Waals surface area contributed by atoms with Crippen molar-refractivity contribution in [1.82, 2.24) is 14.9 Å². The molecule has 0 aliphatic carbocycles. The van der Waals surface area contributed by atoms with Gasteiger partial charge in [-0.25, -0.2) is 9.78 Å². The van der Waals surface area contributed by atoms with Gasteiger partial charge in [0.05, 0.1) is 16.2 Å². The summed E-state index contributed by atoms with van der Waals surface area (Å²) < 4.78 is 5.49. The Morgan fingerprint density at radius 2 is 2.00 bits per heavy atom. The van der Waals surface area contributed by atoms with E-state index >= 15 is 0 Å². The Bertz CT molecular complexity index is 1020. The quantitative estimate of drug-likeness (QED) is 0.458. The molecule has 158 valence electrons. The number of carbonyl (C=O) groups excluding carboxylic acids is 1. The summed E-state index contributed by atoms with van der Waals surface area (Å²) in [5, 5.41) is 4.52. The number of thioether (sulfide) groups is 1. The minimum Gasteiger partial charge on any atom is -0.444 e. The fourth-order valence-corrected chi connectivity index (χ4v) is 5.59. The van der Waals surface area contributed by atoms with E-state index < -0.39 is 5.60 Å². The van der Waals surface area contributed by atoms with E-state index in [2.05, 4.69) is 34.6 Å². The molecule has 30 heavy (non-hydrogen) atoms. The molecule has 4 rings (SSSR count). The number of carbonyl (C=O) groups is 1. The van der Waals surface area contributed by atoms with Gasteiger partial charge in [0.15, 0.2) is 0 Å². The lowest BCUT2D eigenvalue weighted by Crippen LogP contribution is -2.41. The van der Waals surface area contributed by atoms with Gasteiger partial charge >= 0.3 is 6.09 Å². The van der Waals surface area contributed by atoms with Crippen LogP contribution in [0, 0.1) is 0 Å². The van der Waals surface area contributed by atoms with E-state index in [0.717, 1.165) is 42.9 Å². The molecule has 1 aliphatic heterocycles. The highest BCUT2D eigenvalue weighted by atomic mass is 32.2. The van der Waals surface area contributed by atoms with Gasteiger partial charge in [-0.2, -0.15) is 0 Å². The summed E-state index contributed by atoms with van der Waals surface area (Å²) in [4.78, 5) is 24.7. The van der Waals surface area contributed by atoms with Crippen LogP contribution >= 0.6 is 23.1 Å². The van der Waals surface area contributed by atoms with Crippen LogP contribution in [0.5, 0.6) is 0 Å². The van der Waals surface area contributed by atoms with Crippen LogP contribution in [0.1, 0.15) is 50.2 Å². The van der Waals surface area contributed by atoms with Gasteiger partial charge in [0.2, 0.25) is 0 Å². The van der Waals surface area contributed by atoms with Crippen molar-refractivity contribution in [2.75, 3.05) is 13.1 Å². The maximum atomic E-state index is 12.3. The first kappa shape index (κ1) is 21.1. The topological polar surface area (TPSA) is 55.3 Å². The summed E-state index contributed by atoms with van der Waals surface area (Å²) >= 11 is 3.52. The molecule has 0 bridgehead atoms. The van der Waals surface area contributed by atoms with E-state index in [9.17, 15) is 4.79 Å². The second-order valence-electron chi connectivity index (χ2n) is 8.54. The molecule has 1 aromatic carbocycles. The van der Waals surface area contributed by atoms with Crippen LogP contribution < -0.4 is 0 Å². The molecular weight excluding hydrogens is 414 g/mol. The van der Waals surface area contributed by atoms with Crippen LogP contribution in [0.25, 0.3) is 10.9 Å². The Kier molecular flexibility index (Phi) is 6.29. The van der Waals surface area contributed by atoms with E-state index in [1.807, 2.05) is 37.9 Å². The minimum atomic E-state index is -0.449. The van der Waals surface area contributed by atoms with Crippen LogP contribution in [0.15, 0.2) is 46.8 Å². The van der Waals surface area contributed by atoms with Gasteiger partial charge in [0.1, 0.15) is 5.60 Å². The number of benzene rings is 1. The molecule has 3 aromatic rings. The largest absolute Gasteiger partial charge is 0.444 e. The smallest absolute Gasteiger partial charge is 0.410 e. The first-order chi connectivity index (χ1) is 14.4. The number of piperidine rings is 1. The minimum absolute atomic E-state index is 0.208. The van der Waals surface area contributed by atoms with E-state index in [0.29, 0.717) is 5.92 Å². The highest BCUT2D eigenvalue weighted by Crippen LogP contribution is 2.33. The van der Waals surface area contributed by atoms with E-state index in [4.69, 9.17) is 9.72 Å². The summed E-state index contributed by atoms with van der Waals surface area (Å²) in [6.07, 6.45) is 3.51. The van der Waals surface area contributed by atoms with Gasteiger partial charge in [0.25, 0.3) is 0 Å². The number of nitrogens with zero attached hydrogens (tertiary/aromatic N) is 3. The Balaban J connectivity index is 1.33. The monoisotopic (exact) mass is 441 g/mol. The van der Waals surface area contributed by atoms with Crippen molar-refractivity contribution in [2.45, 2.75) is 55.8 Å². The van der Waals surface area contributed by atoms with Gasteiger partial charge in [-0.3, -0.25) is 4.98 Å². The Morgan fingerprint density at radius 3 is 2.77 bits per heavy atom. The second-order valence-corrected chi connectivity index (χ2v) is 10.4. The van der Waals surface area contributed by atoms with Crippen molar-refractivity contribution < 1.29 is 9.53 Å². The van der Waals surface area contributed by atoms with Gasteiger partial charge in [-0.15, -0.1) is 23.1 Å². The Labute approximate surface area is 185 Å². The molecule has 1 saturated heterocycles. The zero-order valence-corrected chi connectivity index (χ0v) is 19.3. The molecule has 0 unspecified atom stereocenters. The first-order valence-electron chi connectivity index (χ1n) is 10.3. The lowest BCUT2D eigenvalue weighted by Gasteiger charge is -2.32. The standard InChI is InChI=1S/C23H27N3O2S2/c1-23(2,3)28-22(27)26-12-9-17(10-13-26)21-25-18(15-30-21)14-29-19-8-4-6-16-7-5-11-24-20(16)19/h4-8,11,15,17H,9-10,12-14H2,1-3H3. The van der Waals surface area contributed by atoms with Crippen molar-refractivity contribution >= 4 is 40.1 Å². The van der Waals surface area contributed by atoms with Gasteiger partial charge in [-0.1, -0.05) is 18.2 Å². The van der Waals surface area contributed by atoms with Crippen molar-refractivity contribution in [3.05, 3.63) is 52.6 Å².